The molecule has 0 spiro atoms. The number of alkyl carbamates (subject to hydrolysis) is 1. The van der Waals surface area contributed by atoms with Crippen LogP contribution in [0.2, 0.25) is 0 Å². The first kappa shape index (κ1) is 19.2. The number of carbonyl (C=O) groups excluding carboxylic acids is 2. The van der Waals surface area contributed by atoms with Crippen molar-refractivity contribution >= 4 is 18.0 Å². The summed E-state index contributed by atoms with van der Waals surface area (Å²) < 4.78 is 10.1. The van der Waals surface area contributed by atoms with E-state index in [9.17, 15) is 14.4 Å². The van der Waals surface area contributed by atoms with Crippen molar-refractivity contribution in [3.05, 3.63) is 0 Å². The predicted molar refractivity (Wildman–Crippen MR) is 75.9 cm³/mol. The number of carboxylic acids is 1. The second-order valence-electron chi connectivity index (χ2n) is 5.65. The summed E-state index contributed by atoms with van der Waals surface area (Å²) in [5.41, 5.74) is -0.716. The summed E-state index contributed by atoms with van der Waals surface area (Å²) in [5.74, 6) is -1.72. The van der Waals surface area contributed by atoms with E-state index in [0.717, 1.165) is 12.8 Å². The monoisotopic (exact) mass is 303 g/mol. The van der Waals surface area contributed by atoms with Gasteiger partial charge in [0.25, 0.3) is 0 Å². The summed E-state index contributed by atoms with van der Waals surface area (Å²) in [4.78, 5) is 34.1. The van der Waals surface area contributed by atoms with E-state index in [1.165, 1.54) is 0 Å². The molecule has 1 atom stereocenters. The number of unbranched alkanes of at least 4 members (excludes halogenated alkanes) is 1. The minimum atomic E-state index is -1.05. The fourth-order valence-electron chi connectivity index (χ4n) is 1.38. The van der Waals surface area contributed by atoms with Gasteiger partial charge in [0.15, 0.2) is 0 Å². The molecule has 0 rings (SSSR count). The fraction of sp³-hybridized carbons (Fsp3) is 0.786. The normalized spacial score (nSPS) is 12.4. The third-order valence-electron chi connectivity index (χ3n) is 2.36. The standard InChI is InChI=1S/C14H25NO6/c1-5-6-9-20-13(19)15-10(7-8-11(16)17)12(18)21-14(2,3)4/h10H,5-9H2,1-4H3,(H,15,19)(H,16,17). The van der Waals surface area contributed by atoms with Gasteiger partial charge in [-0.15, -0.1) is 0 Å². The molecule has 0 aliphatic heterocycles. The van der Waals surface area contributed by atoms with Crippen molar-refractivity contribution in [2.24, 2.45) is 0 Å². The Kier molecular flexibility index (Phi) is 8.42. The zero-order valence-corrected chi connectivity index (χ0v) is 13.1. The third kappa shape index (κ3) is 10.6. The Morgan fingerprint density at radius 1 is 1.24 bits per heavy atom. The molecule has 0 saturated carbocycles. The van der Waals surface area contributed by atoms with Gasteiger partial charge in [0.05, 0.1) is 6.61 Å². The summed E-state index contributed by atoms with van der Waals surface area (Å²) in [6.45, 7) is 7.29. The lowest BCUT2D eigenvalue weighted by molar-refractivity contribution is -0.157. The van der Waals surface area contributed by atoms with Gasteiger partial charge in [0, 0.05) is 6.42 Å². The van der Waals surface area contributed by atoms with Gasteiger partial charge in [-0.1, -0.05) is 13.3 Å². The fourth-order valence-corrected chi connectivity index (χ4v) is 1.38. The quantitative estimate of drug-likeness (QED) is 0.526. The van der Waals surface area contributed by atoms with Crippen molar-refractivity contribution < 1.29 is 29.0 Å². The summed E-state index contributed by atoms with van der Waals surface area (Å²) >= 11 is 0. The lowest BCUT2D eigenvalue weighted by atomic mass is 10.1. The maximum Gasteiger partial charge on any atom is 0.407 e. The van der Waals surface area contributed by atoms with Crippen LogP contribution in [0.3, 0.4) is 0 Å². The van der Waals surface area contributed by atoms with Gasteiger partial charge in [0.2, 0.25) is 0 Å². The van der Waals surface area contributed by atoms with Gasteiger partial charge >= 0.3 is 18.0 Å². The summed E-state index contributed by atoms with van der Waals surface area (Å²) in [5, 5.41) is 11.0. The van der Waals surface area contributed by atoms with E-state index < -0.39 is 29.7 Å². The summed E-state index contributed by atoms with van der Waals surface area (Å²) in [7, 11) is 0. The van der Waals surface area contributed by atoms with Crippen molar-refractivity contribution in [3.8, 4) is 0 Å². The molecule has 0 fully saturated rings. The Balaban J connectivity index is 4.54. The highest BCUT2D eigenvalue weighted by Gasteiger charge is 2.27. The highest BCUT2D eigenvalue weighted by atomic mass is 16.6. The largest absolute Gasteiger partial charge is 0.481 e. The number of hydrogen-bond acceptors (Lipinski definition) is 5. The lowest BCUT2D eigenvalue weighted by Crippen LogP contribution is -2.44. The van der Waals surface area contributed by atoms with Crippen molar-refractivity contribution in [2.75, 3.05) is 6.61 Å². The topological polar surface area (TPSA) is 102 Å². The Morgan fingerprint density at radius 2 is 1.86 bits per heavy atom. The zero-order chi connectivity index (χ0) is 16.5. The van der Waals surface area contributed by atoms with Crippen LogP contribution in [0.1, 0.15) is 53.4 Å². The van der Waals surface area contributed by atoms with E-state index in [1.54, 1.807) is 20.8 Å². The molecule has 0 saturated heterocycles. The smallest absolute Gasteiger partial charge is 0.407 e. The van der Waals surface area contributed by atoms with Gasteiger partial charge in [-0.2, -0.15) is 0 Å². The van der Waals surface area contributed by atoms with E-state index in [-0.39, 0.29) is 19.4 Å². The van der Waals surface area contributed by atoms with Crippen molar-refractivity contribution in [1.82, 2.24) is 5.32 Å². The minimum Gasteiger partial charge on any atom is -0.481 e. The zero-order valence-electron chi connectivity index (χ0n) is 13.1. The Morgan fingerprint density at radius 3 is 2.33 bits per heavy atom. The minimum absolute atomic E-state index is 0.0485. The Bertz CT molecular complexity index is 361. The molecule has 0 aromatic carbocycles. The molecule has 0 aromatic rings. The number of hydrogen-bond donors (Lipinski definition) is 2. The maximum absolute atomic E-state index is 12.0. The van der Waals surface area contributed by atoms with Gasteiger partial charge < -0.3 is 19.9 Å². The Labute approximate surface area is 125 Å². The molecule has 1 unspecified atom stereocenters. The van der Waals surface area contributed by atoms with E-state index in [2.05, 4.69) is 5.32 Å². The Hall–Kier alpha value is -1.79. The molecule has 2 N–H and O–H groups in total. The number of nitrogens with one attached hydrogen (secondary N) is 1. The van der Waals surface area contributed by atoms with Crippen LogP contribution in [0.15, 0.2) is 0 Å². The summed E-state index contributed by atoms with van der Waals surface area (Å²) in [6.07, 6.45) is 0.554. The molecular formula is C14H25NO6. The number of rotatable bonds is 8. The van der Waals surface area contributed by atoms with Crippen LogP contribution in [-0.2, 0) is 19.1 Å². The first-order valence-electron chi connectivity index (χ1n) is 7.03. The number of carbonyl (C=O) groups is 3. The van der Waals surface area contributed by atoms with Crippen LogP contribution in [0, 0.1) is 0 Å². The number of aliphatic carboxylic acids is 1. The van der Waals surface area contributed by atoms with Gasteiger partial charge in [-0.05, 0) is 33.6 Å². The van der Waals surface area contributed by atoms with Crippen molar-refractivity contribution in [3.63, 3.8) is 0 Å². The molecular weight excluding hydrogens is 278 g/mol. The van der Waals surface area contributed by atoms with Crippen molar-refractivity contribution in [1.29, 1.82) is 0 Å². The maximum atomic E-state index is 12.0. The molecule has 7 nitrogen and oxygen atoms in total. The van der Waals surface area contributed by atoms with Crippen LogP contribution in [0.25, 0.3) is 0 Å². The third-order valence-corrected chi connectivity index (χ3v) is 2.36. The molecule has 21 heavy (non-hydrogen) atoms. The average molecular weight is 303 g/mol. The molecule has 0 aromatic heterocycles. The van der Waals surface area contributed by atoms with Crippen LogP contribution in [-0.4, -0.2) is 41.4 Å². The van der Waals surface area contributed by atoms with Crippen LogP contribution in [0.5, 0.6) is 0 Å². The molecule has 0 heterocycles. The van der Waals surface area contributed by atoms with Crippen molar-refractivity contribution in [2.45, 2.75) is 65.0 Å². The average Bonchev–Trinajstić information content (AvgIpc) is 2.32. The van der Waals surface area contributed by atoms with Crippen LogP contribution >= 0.6 is 0 Å². The van der Waals surface area contributed by atoms with E-state index in [0.29, 0.717) is 0 Å². The van der Waals surface area contributed by atoms with E-state index in [1.807, 2.05) is 6.92 Å². The lowest BCUT2D eigenvalue weighted by Gasteiger charge is -2.24. The van der Waals surface area contributed by atoms with E-state index in [4.69, 9.17) is 14.6 Å². The number of carboxylic acid groups (broad SMARTS) is 1. The number of esters is 1. The van der Waals surface area contributed by atoms with Gasteiger partial charge in [-0.3, -0.25) is 4.79 Å². The number of amides is 1. The molecule has 0 aliphatic rings. The SMILES string of the molecule is CCCCOC(=O)NC(CCC(=O)O)C(=O)OC(C)(C)C. The van der Waals surface area contributed by atoms with E-state index >= 15 is 0 Å². The highest BCUT2D eigenvalue weighted by molar-refractivity contribution is 5.82. The number of ether oxygens (including phenoxy) is 2. The molecule has 1 amide bonds. The molecule has 0 aliphatic carbocycles. The molecule has 122 valence electrons. The first-order valence-corrected chi connectivity index (χ1v) is 7.03. The predicted octanol–water partition coefficient (Wildman–Crippen LogP) is 2.09. The molecule has 0 bridgehead atoms. The summed E-state index contributed by atoms with van der Waals surface area (Å²) in [6, 6.07) is -1.03. The molecule has 0 radical (unpaired) electrons. The van der Waals surface area contributed by atoms with Gasteiger partial charge in [0.1, 0.15) is 11.6 Å². The van der Waals surface area contributed by atoms with Crippen LogP contribution in [0.4, 0.5) is 4.79 Å². The van der Waals surface area contributed by atoms with Gasteiger partial charge in [-0.25, -0.2) is 9.59 Å². The second kappa shape index (κ2) is 9.20. The van der Waals surface area contributed by atoms with Crippen LogP contribution < -0.4 is 5.32 Å². The molecule has 7 heteroatoms. The highest BCUT2D eigenvalue weighted by Crippen LogP contribution is 2.11. The first-order chi connectivity index (χ1) is 9.65. The second-order valence-corrected chi connectivity index (χ2v) is 5.65.